The molecule has 6 nitrogen and oxygen atoms in total. The third kappa shape index (κ3) is 3.31. The number of carbonyl (C=O) groups is 2. The molecule has 2 rings (SSSR count). The van der Waals surface area contributed by atoms with Gasteiger partial charge in [0.15, 0.2) is 11.8 Å². The van der Waals surface area contributed by atoms with E-state index in [-0.39, 0.29) is 24.3 Å². The molecule has 106 valence electrons. The Bertz CT molecular complexity index is 557. The third-order valence-electron chi connectivity index (χ3n) is 2.61. The van der Waals surface area contributed by atoms with Gasteiger partial charge in [-0.25, -0.2) is 14.0 Å². The Labute approximate surface area is 114 Å². The Morgan fingerprint density at radius 2 is 2.25 bits per heavy atom. The quantitative estimate of drug-likeness (QED) is 0.778. The number of ether oxygens (including phenoxy) is 2. The molecule has 1 aliphatic rings. The summed E-state index contributed by atoms with van der Waals surface area (Å²) >= 11 is 0. The number of rotatable bonds is 4. The molecule has 0 unspecified atom stereocenters. The predicted octanol–water partition coefficient (Wildman–Crippen LogP) is 1.30. The van der Waals surface area contributed by atoms with Crippen LogP contribution in [0, 0.1) is 5.82 Å². The lowest BCUT2D eigenvalue weighted by atomic mass is 10.2. The number of hydrogen-bond donors (Lipinski definition) is 0. The maximum Gasteiger partial charge on any atom is 0.355 e. The van der Waals surface area contributed by atoms with Gasteiger partial charge in [0.25, 0.3) is 0 Å². The van der Waals surface area contributed by atoms with Crippen molar-refractivity contribution in [1.29, 1.82) is 0 Å². The first kappa shape index (κ1) is 14.0. The lowest BCUT2D eigenvalue weighted by Gasteiger charge is -2.09. The fourth-order valence-corrected chi connectivity index (χ4v) is 1.62. The van der Waals surface area contributed by atoms with E-state index in [1.807, 2.05) is 0 Å². The first-order valence-corrected chi connectivity index (χ1v) is 5.84. The average molecular weight is 281 g/mol. The number of hydrogen-bond acceptors (Lipinski definition) is 6. The molecule has 0 aliphatic carbocycles. The van der Waals surface area contributed by atoms with E-state index in [4.69, 9.17) is 9.57 Å². The van der Waals surface area contributed by atoms with Crippen LogP contribution in [-0.2, 0) is 19.1 Å². The van der Waals surface area contributed by atoms with E-state index in [0.717, 1.165) is 6.07 Å². The average Bonchev–Trinajstić information content (AvgIpc) is 2.92. The third-order valence-corrected chi connectivity index (χ3v) is 2.61. The molecule has 7 heteroatoms. The molecule has 0 fully saturated rings. The molecule has 1 aliphatic heterocycles. The molecule has 1 atom stereocenters. The molecule has 0 saturated heterocycles. The van der Waals surface area contributed by atoms with Gasteiger partial charge >= 0.3 is 11.9 Å². The zero-order valence-corrected chi connectivity index (χ0v) is 10.7. The van der Waals surface area contributed by atoms with Gasteiger partial charge in [0, 0.05) is 6.42 Å². The van der Waals surface area contributed by atoms with E-state index in [1.54, 1.807) is 0 Å². The lowest BCUT2D eigenvalue weighted by Crippen LogP contribution is -2.22. The zero-order valence-electron chi connectivity index (χ0n) is 10.7. The van der Waals surface area contributed by atoms with Crippen LogP contribution in [0.3, 0.4) is 0 Å². The van der Waals surface area contributed by atoms with Crippen molar-refractivity contribution in [2.75, 3.05) is 13.7 Å². The number of halogens is 1. The molecule has 0 saturated carbocycles. The van der Waals surface area contributed by atoms with Crippen molar-refractivity contribution in [3.8, 4) is 0 Å². The second-order valence-corrected chi connectivity index (χ2v) is 4.07. The summed E-state index contributed by atoms with van der Waals surface area (Å²) in [6.07, 6.45) is -0.343. The monoisotopic (exact) mass is 281 g/mol. The van der Waals surface area contributed by atoms with Crippen molar-refractivity contribution in [3.05, 3.63) is 35.6 Å². The predicted molar refractivity (Wildman–Crippen MR) is 65.6 cm³/mol. The molecule has 20 heavy (non-hydrogen) atoms. The van der Waals surface area contributed by atoms with E-state index >= 15 is 0 Å². The number of nitrogens with zero attached hydrogens (tertiary/aromatic N) is 1. The minimum atomic E-state index is -0.667. The maximum atomic E-state index is 12.9. The van der Waals surface area contributed by atoms with E-state index in [1.165, 1.54) is 25.3 Å². The van der Waals surface area contributed by atoms with Crippen LogP contribution < -0.4 is 0 Å². The summed E-state index contributed by atoms with van der Waals surface area (Å²) in [7, 11) is 1.24. The van der Waals surface area contributed by atoms with Gasteiger partial charge in [0.05, 0.1) is 12.7 Å². The van der Waals surface area contributed by atoms with Crippen LogP contribution >= 0.6 is 0 Å². The summed E-state index contributed by atoms with van der Waals surface area (Å²) < 4.78 is 22.4. The van der Waals surface area contributed by atoms with Gasteiger partial charge in [0.1, 0.15) is 12.4 Å². The van der Waals surface area contributed by atoms with Crippen LogP contribution in [0.2, 0.25) is 0 Å². The molecule has 0 bridgehead atoms. The normalized spacial score (nSPS) is 17.1. The minimum absolute atomic E-state index is 0.0840. The summed E-state index contributed by atoms with van der Waals surface area (Å²) in [6.45, 7) is -0.0840. The van der Waals surface area contributed by atoms with Gasteiger partial charge in [-0.1, -0.05) is 11.2 Å². The molecular formula is C13H12FNO5. The van der Waals surface area contributed by atoms with E-state index in [0.29, 0.717) is 0 Å². The fourth-order valence-electron chi connectivity index (χ4n) is 1.62. The van der Waals surface area contributed by atoms with E-state index in [2.05, 4.69) is 9.89 Å². The second-order valence-electron chi connectivity index (χ2n) is 4.07. The Morgan fingerprint density at radius 3 is 2.95 bits per heavy atom. The molecule has 0 N–H and O–H groups in total. The van der Waals surface area contributed by atoms with Gasteiger partial charge < -0.3 is 14.3 Å². The van der Waals surface area contributed by atoms with Crippen LogP contribution in [-0.4, -0.2) is 37.5 Å². The summed E-state index contributed by atoms with van der Waals surface area (Å²) in [6, 6.07) is 5.16. The Kier molecular flexibility index (Phi) is 4.29. The highest BCUT2D eigenvalue weighted by Gasteiger charge is 2.27. The highest BCUT2D eigenvalue weighted by molar-refractivity contribution is 6.36. The summed E-state index contributed by atoms with van der Waals surface area (Å²) in [5.41, 5.74) is 0.247. The van der Waals surface area contributed by atoms with Crippen LogP contribution in [0.1, 0.15) is 16.8 Å². The Hall–Kier alpha value is -2.44. The smallest absolute Gasteiger partial charge is 0.355 e. The van der Waals surface area contributed by atoms with Crippen molar-refractivity contribution in [3.63, 3.8) is 0 Å². The van der Waals surface area contributed by atoms with Gasteiger partial charge in [-0.3, -0.25) is 0 Å². The van der Waals surface area contributed by atoms with Gasteiger partial charge in [-0.05, 0) is 18.2 Å². The van der Waals surface area contributed by atoms with Crippen molar-refractivity contribution < 1.29 is 28.3 Å². The standard InChI is InChI=1S/C13H12FNO5/c1-18-13(17)11-6-10(20-15-11)7-19-12(16)8-3-2-4-9(14)5-8/h2-5,10H,6-7H2,1H3/t10-/m1/s1. The largest absolute Gasteiger partial charge is 0.464 e. The van der Waals surface area contributed by atoms with Crippen molar-refractivity contribution >= 4 is 17.7 Å². The molecule has 1 aromatic rings. The topological polar surface area (TPSA) is 74.2 Å². The summed E-state index contributed by atoms with van der Waals surface area (Å²) in [5, 5.41) is 3.54. The second kappa shape index (κ2) is 6.14. The number of benzene rings is 1. The number of methoxy groups -OCH3 is 1. The molecule has 0 amide bonds. The molecule has 1 aromatic carbocycles. The summed E-state index contributed by atoms with van der Waals surface area (Å²) in [5.74, 6) is -1.77. The first-order valence-electron chi connectivity index (χ1n) is 5.84. The Morgan fingerprint density at radius 1 is 1.45 bits per heavy atom. The Balaban J connectivity index is 1.83. The molecule has 0 spiro atoms. The van der Waals surface area contributed by atoms with Crippen molar-refractivity contribution in [1.82, 2.24) is 0 Å². The van der Waals surface area contributed by atoms with E-state index < -0.39 is 23.9 Å². The molecule has 0 radical (unpaired) electrons. The molecule has 0 aromatic heterocycles. The SMILES string of the molecule is COC(=O)C1=NO[C@@H](COC(=O)c2cccc(F)c2)C1. The van der Waals surface area contributed by atoms with Crippen LogP contribution in [0.25, 0.3) is 0 Å². The van der Waals surface area contributed by atoms with Crippen molar-refractivity contribution in [2.45, 2.75) is 12.5 Å². The fraction of sp³-hybridized carbons (Fsp3) is 0.308. The number of carbonyl (C=O) groups excluding carboxylic acids is 2. The molecular weight excluding hydrogens is 269 g/mol. The summed E-state index contributed by atoms with van der Waals surface area (Å²) in [4.78, 5) is 27.8. The first-order chi connectivity index (χ1) is 9.60. The van der Waals surface area contributed by atoms with Crippen LogP contribution in [0.4, 0.5) is 4.39 Å². The highest BCUT2D eigenvalue weighted by atomic mass is 19.1. The van der Waals surface area contributed by atoms with Gasteiger partial charge in [-0.2, -0.15) is 0 Å². The number of oxime groups is 1. The molecule has 1 heterocycles. The highest BCUT2D eigenvalue weighted by Crippen LogP contribution is 2.13. The zero-order chi connectivity index (χ0) is 14.5. The van der Waals surface area contributed by atoms with Crippen molar-refractivity contribution in [2.24, 2.45) is 5.16 Å². The number of esters is 2. The van der Waals surface area contributed by atoms with Gasteiger partial charge in [-0.15, -0.1) is 0 Å². The van der Waals surface area contributed by atoms with Crippen LogP contribution in [0.5, 0.6) is 0 Å². The maximum absolute atomic E-state index is 12.9. The lowest BCUT2D eigenvalue weighted by molar-refractivity contribution is -0.132. The van der Waals surface area contributed by atoms with Crippen LogP contribution in [0.15, 0.2) is 29.4 Å². The van der Waals surface area contributed by atoms with Gasteiger partial charge in [0.2, 0.25) is 0 Å². The van der Waals surface area contributed by atoms with E-state index in [9.17, 15) is 14.0 Å². The minimum Gasteiger partial charge on any atom is -0.464 e.